The first kappa shape index (κ1) is 18.9. The van der Waals surface area contributed by atoms with Crippen LogP contribution in [0.1, 0.15) is 11.1 Å². The zero-order valence-corrected chi connectivity index (χ0v) is 16.5. The quantitative estimate of drug-likeness (QED) is 0.650. The van der Waals surface area contributed by atoms with E-state index in [1.54, 1.807) is 0 Å². The molecule has 0 aliphatic heterocycles. The zero-order chi connectivity index (χ0) is 19.2. The summed E-state index contributed by atoms with van der Waals surface area (Å²) in [4.78, 5) is 11.5. The lowest BCUT2D eigenvalue weighted by Gasteiger charge is -2.14. The van der Waals surface area contributed by atoms with Gasteiger partial charge in [0.2, 0.25) is 5.95 Å². The first-order valence-electron chi connectivity index (χ1n) is 9.18. The van der Waals surface area contributed by atoms with Gasteiger partial charge in [-0.2, -0.15) is 4.98 Å². The Bertz CT molecular complexity index is 870. The molecule has 5 heteroatoms. The highest BCUT2D eigenvalue weighted by molar-refractivity contribution is 5.66. The van der Waals surface area contributed by atoms with Crippen molar-refractivity contribution in [3.63, 3.8) is 0 Å². The summed E-state index contributed by atoms with van der Waals surface area (Å²) in [6.45, 7) is 5.94. The molecule has 1 heterocycles. The van der Waals surface area contributed by atoms with Crippen molar-refractivity contribution in [1.29, 1.82) is 0 Å². The number of hydrogen-bond acceptors (Lipinski definition) is 5. The molecule has 0 atom stereocenters. The molecule has 5 nitrogen and oxygen atoms in total. The SMILES string of the molecule is Cc1cc(C)cc(Nc2nc(NCCN(C)C)cc(-c3ccccc3)n2)c1. The first-order valence-corrected chi connectivity index (χ1v) is 9.18. The molecule has 0 saturated heterocycles. The largest absolute Gasteiger partial charge is 0.369 e. The summed E-state index contributed by atoms with van der Waals surface area (Å²) in [5.41, 5.74) is 5.38. The van der Waals surface area contributed by atoms with Crippen LogP contribution in [0, 0.1) is 13.8 Å². The van der Waals surface area contributed by atoms with E-state index in [0.717, 1.165) is 35.9 Å². The average Bonchev–Trinajstić information content (AvgIpc) is 2.61. The van der Waals surface area contributed by atoms with Crippen LogP contribution < -0.4 is 10.6 Å². The maximum atomic E-state index is 4.73. The summed E-state index contributed by atoms with van der Waals surface area (Å²) in [5.74, 6) is 1.41. The van der Waals surface area contributed by atoms with E-state index in [2.05, 4.69) is 78.8 Å². The van der Waals surface area contributed by atoms with Gasteiger partial charge in [-0.3, -0.25) is 0 Å². The monoisotopic (exact) mass is 361 g/mol. The van der Waals surface area contributed by atoms with Crippen molar-refractivity contribution in [3.05, 3.63) is 65.7 Å². The second-order valence-corrected chi connectivity index (χ2v) is 7.06. The maximum Gasteiger partial charge on any atom is 0.229 e. The number of nitrogens with zero attached hydrogens (tertiary/aromatic N) is 3. The fourth-order valence-corrected chi connectivity index (χ4v) is 2.93. The second-order valence-electron chi connectivity index (χ2n) is 7.06. The number of likely N-dealkylation sites (N-methyl/N-ethyl adjacent to an activating group) is 1. The van der Waals surface area contributed by atoms with Crippen LogP contribution in [0.2, 0.25) is 0 Å². The molecule has 2 N–H and O–H groups in total. The summed E-state index contributed by atoms with van der Waals surface area (Å²) in [7, 11) is 4.12. The van der Waals surface area contributed by atoms with E-state index < -0.39 is 0 Å². The molecule has 0 aliphatic rings. The van der Waals surface area contributed by atoms with E-state index in [1.807, 2.05) is 24.3 Å². The van der Waals surface area contributed by atoms with E-state index in [0.29, 0.717) is 5.95 Å². The topological polar surface area (TPSA) is 53.1 Å². The van der Waals surface area contributed by atoms with Crippen molar-refractivity contribution in [2.45, 2.75) is 13.8 Å². The Morgan fingerprint density at radius 3 is 2.26 bits per heavy atom. The predicted octanol–water partition coefficient (Wildman–Crippen LogP) is 4.48. The van der Waals surface area contributed by atoms with Gasteiger partial charge >= 0.3 is 0 Å². The zero-order valence-electron chi connectivity index (χ0n) is 16.5. The van der Waals surface area contributed by atoms with Crippen LogP contribution in [0.5, 0.6) is 0 Å². The van der Waals surface area contributed by atoms with E-state index in [4.69, 9.17) is 4.98 Å². The first-order chi connectivity index (χ1) is 13.0. The summed E-state index contributed by atoms with van der Waals surface area (Å²) in [6, 6.07) is 18.5. The Morgan fingerprint density at radius 2 is 1.59 bits per heavy atom. The molecule has 3 rings (SSSR count). The Labute approximate surface area is 161 Å². The minimum absolute atomic E-state index is 0.591. The number of rotatable bonds is 7. The minimum Gasteiger partial charge on any atom is -0.369 e. The number of aromatic nitrogens is 2. The smallest absolute Gasteiger partial charge is 0.229 e. The highest BCUT2D eigenvalue weighted by Gasteiger charge is 2.08. The van der Waals surface area contributed by atoms with Gasteiger partial charge in [0.1, 0.15) is 5.82 Å². The van der Waals surface area contributed by atoms with Gasteiger partial charge in [0, 0.05) is 30.4 Å². The Balaban J connectivity index is 1.91. The van der Waals surface area contributed by atoms with Gasteiger partial charge in [-0.05, 0) is 51.2 Å². The molecule has 2 aromatic carbocycles. The van der Waals surface area contributed by atoms with Crippen molar-refractivity contribution in [2.75, 3.05) is 37.8 Å². The molecule has 3 aromatic rings. The lowest BCUT2D eigenvalue weighted by molar-refractivity contribution is 0.425. The molecular formula is C22H27N5. The normalized spacial score (nSPS) is 10.9. The highest BCUT2D eigenvalue weighted by Crippen LogP contribution is 2.24. The molecular weight excluding hydrogens is 334 g/mol. The number of aryl methyl sites for hydroxylation is 2. The standard InChI is InChI=1S/C22H27N5/c1-16-12-17(2)14-19(13-16)24-22-25-20(18-8-6-5-7-9-18)15-21(26-22)23-10-11-27(3)4/h5-9,12-15H,10-11H2,1-4H3,(H2,23,24,25,26). The molecule has 0 saturated carbocycles. The summed E-state index contributed by atoms with van der Waals surface area (Å²) in [5, 5.41) is 6.76. The van der Waals surface area contributed by atoms with Crippen LogP contribution >= 0.6 is 0 Å². The van der Waals surface area contributed by atoms with Crippen molar-refractivity contribution in [3.8, 4) is 11.3 Å². The van der Waals surface area contributed by atoms with Gasteiger partial charge in [-0.1, -0.05) is 36.4 Å². The van der Waals surface area contributed by atoms with E-state index in [9.17, 15) is 0 Å². The molecule has 0 fully saturated rings. The summed E-state index contributed by atoms with van der Waals surface area (Å²) >= 11 is 0. The number of hydrogen-bond donors (Lipinski definition) is 2. The molecule has 1 aromatic heterocycles. The third-order valence-electron chi connectivity index (χ3n) is 4.14. The maximum absolute atomic E-state index is 4.73. The van der Waals surface area contributed by atoms with E-state index in [1.165, 1.54) is 11.1 Å². The Hall–Kier alpha value is -2.92. The number of nitrogens with one attached hydrogen (secondary N) is 2. The lowest BCUT2D eigenvalue weighted by Crippen LogP contribution is -2.21. The summed E-state index contributed by atoms with van der Waals surface area (Å²) < 4.78 is 0. The third kappa shape index (κ3) is 5.53. The molecule has 0 radical (unpaired) electrons. The van der Waals surface area contributed by atoms with E-state index in [-0.39, 0.29) is 0 Å². The number of anilines is 3. The van der Waals surface area contributed by atoms with Crippen molar-refractivity contribution >= 4 is 17.5 Å². The van der Waals surface area contributed by atoms with Crippen LogP contribution in [0.15, 0.2) is 54.6 Å². The molecule has 27 heavy (non-hydrogen) atoms. The van der Waals surface area contributed by atoms with Crippen molar-refractivity contribution in [2.24, 2.45) is 0 Å². The van der Waals surface area contributed by atoms with Crippen LogP contribution in [0.3, 0.4) is 0 Å². The van der Waals surface area contributed by atoms with Crippen molar-refractivity contribution in [1.82, 2.24) is 14.9 Å². The Morgan fingerprint density at radius 1 is 0.889 bits per heavy atom. The van der Waals surface area contributed by atoms with Crippen LogP contribution in [0.4, 0.5) is 17.5 Å². The third-order valence-corrected chi connectivity index (χ3v) is 4.14. The van der Waals surface area contributed by atoms with Gasteiger partial charge in [0.15, 0.2) is 0 Å². The molecule has 140 valence electrons. The summed E-state index contributed by atoms with van der Waals surface area (Å²) in [6.07, 6.45) is 0. The molecule has 0 aliphatic carbocycles. The average molecular weight is 361 g/mol. The second kappa shape index (κ2) is 8.64. The lowest BCUT2D eigenvalue weighted by atomic mass is 10.1. The Kier molecular flexibility index (Phi) is 6.04. The molecule has 0 bridgehead atoms. The van der Waals surface area contributed by atoms with Gasteiger partial charge < -0.3 is 15.5 Å². The number of benzene rings is 2. The van der Waals surface area contributed by atoms with Crippen LogP contribution in [-0.4, -0.2) is 42.1 Å². The van der Waals surface area contributed by atoms with Gasteiger partial charge in [0.25, 0.3) is 0 Å². The molecule has 0 unspecified atom stereocenters. The van der Waals surface area contributed by atoms with E-state index >= 15 is 0 Å². The van der Waals surface area contributed by atoms with Crippen molar-refractivity contribution < 1.29 is 0 Å². The van der Waals surface area contributed by atoms with Gasteiger partial charge in [-0.25, -0.2) is 4.98 Å². The van der Waals surface area contributed by atoms with Gasteiger partial charge in [0.05, 0.1) is 5.69 Å². The fourth-order valence-electron chi connectivity index (χ4n) is 2.93. The fraction of sp³-hybridized carbons (Fsp3) is 0.273. The minimum atomic E-state index is 0.591. The van der Waals surface area contributed by atoms with Crippen LogP contribution in [0.25, 0.3) is 11.3 Å². The predicted molar refractivity (Wildman–Crippen MR) is 114 cm³/mol. The molecule has 0 spiro atoms. The molecule has 0 amide bonds. The van der Waals surface area contributed by atoms with Crippen LogP contribution in [-0.2, 0) is 0 Å². The highest BCUT2D eigenvalue weighted by atomic mass is 15.2. The van der Waals surface area contributed by atoms with Gasteiger partial charge in [-0.15, -0.1) is 0 Å².